The lowest BCUT2D eigenvalue weighted by Crippen LogP contribution is -2.57. The zero-order valence-electron chi connectivity index (χ0n) is 14.4. The molecule has 0 radical (unpaired) electrons. The predicted molar refractivity (Wildman–Crippen MR) is 86.9 cm³/mol. The van der Waals surface area contributed by atoms with Gasteiger partial charge >= 0.3 is 11.9 Å². The van der Waals surface area contributed by atoms with Gasteiger partial charge in [-0.2, -0.15) is 0 Å². The van der Waals surface area contributed by atoms with Gasteiger partial charge in [0.05, 0.1) is 7.11 Å². The highest BCUT2D eigenvalue weighted by Crippen LogP contribution is 2.40. The maximum Gasteiger partial charge on any atom is 0.357 e. The molecule has 0 aromatic carbocycles. The van der Waals surface area contributed by atoms with E-state index < -0.39 is 32.0 Å². The Kier molecular flexibility index (Phi) is 5.41. The first-order valence-corrected chi connectivity index (χ1v) is 10.2. The third-order valence-corrected chi connectivity index (χ3v) is 8.66. The number of carbonyl (C=O) groups is 2. The van der Waals surface area contributed by atoms with E-state index in [2.05, 4.69) is 33.9 Å². The highest BCUT2D eigenvalue weighted by Gasteiger charge is 2.52. The Hall–Kier alpha value is -1.40. The van der Waals surface area contributed by atoms with Crippen molar-refractivity contribution in [3.05, 3.63) is 24.3 Å². The van der Waals surface area contributed by atoms with Crippen molar-refractivity contribution in [1.82, 2.24) is 0 Å². The molecular formula is C16H26O5Si. The quantitative estimate of drug-likeness (QED) is 0.587. The van der Waals surface area contributed by atoms with Gasteiger partial charge in [-0.1, -0.05) is 39.0 Å². The average molecular weight is 326 g/mol. The van der Waals surface area contributed by atoms with Gasteiger partial charge in [0.25, 0.3) is 5.60 Å². The molecule has 2 atom stereocenters. The molecule has 0 N–H and O–H groups in total. The Balaban J connectivity index is 3.24. The van der Waals surface area contributed by atoms with Crippen LogP contribution in [0.4, 0.5) is 0 Å². The van der Waals surface area contributed by atoms with E-state index in [1.807, 2.05) is 0 Å². The molecule has 0 bridgehead atoms. The minimum atomic E-state index is -2.17. The molecular weight excluding hydrogens is 300 g/mol. The van der Waals surface area contributed by atoms with Crippen LogP contribution in [0.15, 0.2) is 24.3 Å². The lowest BCUT2D eigenvalue weighted by Gasteiger charge is -2.43. The highest BCUT2D eigenvalue weighted by atomic mass is 28.4. The molecule has 0 aliphatic heterocycles. The van der Waals surface area contributed by atoms with Crippen molar-refractivity contribution in [2.75, 3.05) is 7.11 Å². The summed E-state index contributed by atoms with van der Waals surface area (Å²) in [6.45, 7) is 11.7. The van der Waals surface area contributed by atoms with E-state index in [4.69, 9.17) is 13.9 Å². The summed E-state index contributed by atoms with van der Waals surface area (Å²) >= 11 is 0. The maximum absolute atomic E-state index is 12.3. The molecule has 0 saturated heterocycles. The van der Waals surface area contributed by atoms with Gasteiger partial charge in [0.1, 0.15) is 6.10 Å². The lowest BCUT2D eigenvalue weighted by atomic mass is 9.92. The Labute approximate surface area is 133 Å². The second kappa shape index (κ2) is 6.38. The first kappa shape index (κ1) is 18.6. The second-order valence-electron chi connectivity index (χ2n) is 6.92. The molecule has 0 aromatic rings. The zero-order valence-corrected chi connectivity index (χ0v) is 15.4. The summed E-state index contributed by atoms with van der Waals surface area (Å²) in [4.78, 5) is 23.8. The summed E-state index contributed by atoms with van der Waals surface area (Å²) in [7, 11) is -0.908. The molecule has 0 amide bonds. The number of ether oxygens (including phenoxy) is 2. The van der Waals surface area contributed by atoms with Crippen molar-refractivity contribution in [2.45, 2.75) is 57.5 Å². The molecule has 6 heteroatoms. The Morgan fingerprint density at radius 3 is 2.23 bits per heavy atom. The molecule has 22 heavy (non-hydrogen) atoms. The van der Waals surface area contributed by atoms with Crippen LogP contribution in [0, 0.1) is 0 Å². The molecule has 1 aliphatic carbocycles. The lowest BCUT2D eigenvalue weighted by molar-refractivity contribution is -0.181. The predicted octanol–water partition coefficient (Wildman–Crippen LogP) is 2.98. The fourth-order valence-electron chi connectivity index (χ4n) is 1.94. The minimum absolute atomic E-state index is 0.0416. The van der Waals surface area contributed by atoms with Crippen LogP contribution >= 0.6 is 0 Å². The van der Waals surface area contributed by atoms with Crippen molar-refractivity contribution in [1.29, 1.82) is 0 Å². The van der Waals surface area contributed by atoms with Crippen LogP contribution in [0.1, 0.15) is 27.7 Å². The molecule has 1 rings (SSSR count). The van der Waals surface area contributed by atoms with Gasteiger partial charge in [0.15, 0.2) is 8.32 Å². The van der Waals surface area contributed by atoms with Gasteiger partial charge in [-0.25, -0.2) is 4.79 Å². The zero-order chi connectivity index (χ0) is 17.2. The van der Waals surface area contributed by atoms with Crippen LogP contribution in [-0.4, -0.2) is 39.1 Å². The third-order valence-electron chi connectivity index (χ3n) is 4.21. The van der Waals surface area contributed by atoms with E-state index >= 15 is 0 Å². The van der Waals surface area contributed by atoms with Crippen LogP contribution in [0.2, 0.25) is 18.1 Å². The highest BCUT2D eigenvalue weighted by molar-refractivity contribution is 6.74. The van der Waals surface area contributed by atoms with Crippen LogP contribution in [0.5, 0.6) is 0 Å². The minimum Gasteiger partial charge on any atom is -0.466 e. The molecule has 0 unspecified atom stereocenters. The Morgan fingerprint density at radius 2 is 1.77 bits per heavy atom. The summed E-state index contributed by atoms with van der Waals surface area (Å²) in [6, 6.07) is 0. The van der Waals surface area contributed by atoms with E-state index in [0.717, 1.165) is 0 Å². The largest absolute Gasteiger partial charge is 0.466 e. The van der Waals surface area contributed by atoms with Gasteiger partial charge in [-0.3, -0.25) is 4.79 Å². The summed E-state index contributed by atoms with van der Waals surface area (Å²) in [6.07, 6.45) is 6.00. The second-order valence-corrected chi connectivity index (χ2v) is 11.7. The monoisotopic (exact) mass is 326 g/mol. The van der Waals surface area contributed by atoms with Gasteiger partial charge in [-0.15, -0.1) is 0 Å². The van der Waals surface area contributed by atoms with Gasteiger partial charge in [0.2, 0.25) is 0 Å². The number of carbonyl (C=O) groups excluding carboxylic acids is 2. The summed E-state index contributed by atoms with van der Waals surface area (Å²) < 4.78 is 16.5. The van der Waals surface area contributed by atoms with E-state index in [1.165, 1.54) is 20.1 Å². The first-order chi connectivity index (χ1) is 9.96. The molecule has 0 fully saturated rings. The van der Waals surface area contributed by atoms with Crippen LogP contribution in [-0.2, 0) is 23.5 Å². The summed E-state index contributed by atoms with van der Waals surface area (Å²) in [5, 5.41) is -0.0416. The standard InChI is InChI=1S/C16H26O5Si/c1-12(17)20-16(14(18)19-5)11-9-8-10-13(16)21-22(6,7)15(2,3)4/h8-11,13H,1-7H3/t13-,16+/m1/s1. The van der Waals surface area contributed by atoms with E-state index in [1.54, 1.807) is 18.2 Å². The van der Waals surface area contributed by atoms with E-state index in [-0.39, 0.29) is 5.04 Å². The Bertz CT molecular complexity index is 501. The Morgan fingerprint density at radius 1 is 1.18 bits per heavy atom. The van der Waals surface area contributed by atoms with Crippen LogP contribution in [0.3, 0.4) is 0 Å². The molecule has 124 valence electrons. The summed E-state index contributed by atoms with van der Waals surface area (Å²) in [5.74, 6) is -1.21. The average Bonchev–Trinajstić information content (AvgIpc) is 2.37. The van der Waals surface area contributed by atoms with Gasteiger partial charge in [0, 0.05) is 6.92 Å². The summed E-state index contributed by atoms with van der Waals surface area (Å²) in [5.41, 5.74) is -1.56. The number of methoxy groups -OCH3 is 1. The third kappa shape index (κ3) is 3.67. The van der Waals surface area contributed by atoms with Crippen molar-refractivity contribution in [3.8, 4) is 0 Å². The number of esters is 2. The molecule has 5 nitrogen and oxygen atoms in total. The molecule has 0 saturated carbocycles. The molecule has 0 heterocycles. The van der Waals surface area contributed by atoms with E-state index in [0.29, 0.717) is 0 Å². The fourth-order valence-corrected chi connectivity index (χ4v) is 3.18. The van der Waals surface area contributed by atoms with Gasteiger partial charge in [-0.05, 0) is 24.2 Å². The van der Waals surface area contributed by atoms with Crippen molar-refractivity contribution >= 4 is 20.3 Å². The van der Waals surface area contributed by atoms with Crippen LogP contribution in [0.25, 0.3) is 0 Å². The SMILES string of the molecule is COC(=O)[C@]1(OC(C)=O)C=CC=C[C@H]1O[Si](C)(C)C(C)(C)C. The topological polar surface area (TPSA) is 61.8 Å². The normalized spacial score (nSPS) is 25.0. The maximum atomic E-state index is 12.3. The fraction of sp³-hybridized carbons (Fsp3) is 0.625. The molecule has 0 aromatic heterocycles. The van der Waals surface area contributed by atoms with E-state index in [9.17, 15) is 9.59 Å². The number of hydrogen-bond acceptors (Lipinski definition) is 5. The first-order valence-electron chi connectivity index (χ1n) is 7.28. The number of rotatable bonds is 4. The van der Waals surface area contributed by atoms with Crippen molar-refractivity contribution < 1.29 is 23.5 Å². The van der Waals surface area contributed by atoms with Crippen molar-refractivity contribution in [2.24, 2.45) is 0 Å². The molecule has 1 aliphatic rings. The van der Waals surface area contributed by atoms with Gasteiger partial charge < -0.3 is 13.9 Å². The number of hydrogen-bond donors (Lipinski definition) is 0. The smallest absolute Gasteiger partial charge is 0.357 e. The van der Waals surface area contributed by atoms with Crippen molar-refractivity contribution in [3.63, 3.8) is 0 Å². The van der Waals surface area contributed by atoms with Crippen LogP contribution < -0.4 is 0 Å². The number of allylic oxidation sites excluding steroid dienone is 2. The molecule has 0 spiro atoms.